The van der Waals surface area contributed by atoms with Gasteiger partial charge in [-0.2, -0.15) is 5.10 Å². The van der Waals surface area contributed by atoms with Crippen molar-refractivity contribution in [3.8, 4) is 11.3 Å². The lowest BCUT2D eigenvalue weighted by Crippen LogP contribution is -2.39. The summed E-state index contributed by atoms with van der Waals surface area (Å²) in [6.07, 6.45) is 3.50. The lowest BCUT2D eigenvalue weighted by molar-refractivity contribution is 0.0395. The SMILES string of the molecule is Cc1nc2c(-c3ccc(Cl)cc3F)nc(N3CCO[C@@H](c4cnn(C)c4)C3)cc2c(=O)n1C. The average molecular weight is 469 g/mol. The monoisotopic (exact) mass is 468 g/mol. The number of hydrogen-bond donors (Lipinski definition) is 0. The van der Waals surface area contributed by atoms with Crippen LogP contribution in [-0.4, -0.2) is 44.0 Å². The number of benzene rings is 1. The minimum Gasteiger partial charge on any atom is -0.370 e. The summed E-state index contributed by atoms with van der Waals surface area (Å²) >= 11 is 5.96. The van der Waals surface area contributed by atoms with E-state index in [-0.39, 0.29) is 22.2 Å². The predicted octanol–water partition coefficient (Wildman–Crippen LogP) is 3.41. The number of fused-ring (bicyclic) bond motifs is 1. The zero-order valence-corrected chi connectivity index (χ0v) is 19.2. The maximum atomic E-state index is 14.9. The number of nitrogens with zero attached hydrogens (tertiary/aromatic N) is 6. The summed E-state index contributed by atoms with van der Waals surface area (Å²) in [6.45, 7) is 3.31. The van der Waals surface area contributed by atoms with Crippen molar-refractivity contribution in [2.45, 2.75) is 13.0 Å². The van der Waals surface area contributed by atoms with E-state index in [1.54, 1.807) is 43.0 Å². The molecule has 0 bridgehead atoms. The molecular formula is C23H22ClFN6O2. The molecule has 1 saturated heterocycles. The Morgan fingerprint density at radius 2 is 2.03 bits per heavy atom. The van der Waals surface area contributed by atoms with E-state index in [0.29, 0.717) is 47.9 Å². The van der Waals surface area contributed by atoms with Crippen LogP contribution in [0.4, 0.5) is 10.2 Å². The van der Waals surface area contributed by atoms with Gasteiger partial charge in [0, 0.05) is 49.5 Å². The fourth-order valence-corrected chi connectivity index (χ4v) is 4.22. The van der Waals surface area contributed by atoms with Gasteiger partial charge in [-0.05, 0) is 31.2 Å². The first-order chi connectivity index (χ1) is 15.8. The highest BCUT2D eigenvalue weighted by Gasteiger charge is 2.26. The molecule has 0 radical (unpaired) electrons. The van der Waals surface area contributed by atoms with Crippen LogP contribution < -0.4 is 10.5 Å². The second-order valence-corrected chi connectivity index (χ2v) is 8.56. The molecule has 170 valence electrons. The van der Waals surface area contributed by atoms with Crippen LogP contribution in [0, 0.1) is 12.7 Å². The van der Waals surface area contributed by atoms with Gasteiger partial charge in [-0.25, -0.2) is 14.4 Å². The zero-order chi connectivity index (χ0) is 23.3. The van der Waals surface area contributed by atoms with E-state index in [9.17, 15) is 9.18 Å². The molecule has 0 spiro atoms. The highest BCUT2D eigenvalue weighted by molar-refractivity contribution is 6.30. The summed E-state index contributed by atoms with van der Waals surface area (Å²) in [4.78, 5) is 24.5. The molecule has 0 amide bonds. The molecule has 4 heterocycles. The van der Waals surface area contributed by atoms with Crippen LogP contribution in [0.25, 0.3) is 22.2 Å². The fraction of sp³-hybridized carbons (Fsp3) is 0.304. The molecule has 0 N–H and O–H groups in total. The number of anilines is 1. The Bertz CT molecular complexity index is 1430. The minimum absolute atomic E-state index is 0.195. The van der Waals surface area contributed by atoms with Crippen LogP contribution >= 0.6 is 11.6 Å². The largest absolute Gasteiger partial charge is 0.370 e. The number of rotatable bonds is 3. The lowest BCUT2D eigenvalue weighted by atomic mass is 10.1. The van der Waals surface area contributed by atoms with Gasteiger partial charge in [-0.15, -0.1) is 0 Å². The maximum Gasteiger partial charge on any atom is 0.261 e. The van der Waals surface area contributed by atoms with Crippen LogP contribution in [0.15, 0.2) is 41.5 Å². The van der Waals surface area contributed by atoms with Gasteiger partial charge >= 0.3 is 0 Å². The third-order valence-electron chi connectivity index (χ3n) is 5.95. The van der Waals surface area contributed by atoms with Gasteiger partial charge in [0.25, 0.3) is 5.56 Å². The van der Waals surface area contributed by atoms with Crippen molar-refractivity contribution < 1.29 is 9.13 Å². The summed E-state index contributed by atoms with van der Waals surface area (Å²) in [5.74, 6) is 0.552. The highest BCUT2D eigenvalue weighted by atomic mass is 35.5. The normalized spacial score (nSPS) is 16.5. The lowest BCUT2D eigenvalue weighted by Gasteiger charge is -2.33. The van der Waals surface area contributed by atoms with Gasteiger partial charge in [-0.3, -0.25) is 14.0 Å². The molecule has 0 saturated carbocycles. The molecule has 5 rings (SSSR count). The standard InChI is InChI=1S/C23H22ClFN6O2/c1-13-27-22-17(23(32)30(13)3)9-20(28-21(22)16-5-4-15(24)8-18(16)25)31-6-7-33-19(12-31)14-10-26-29(2)11-14/h4-5,8-11,19H,6-7,12H2,1-3H3/t19-/m1/s1. The Balaban J connectivity index is 1.67. The summed E-state index contributed by atoms with van der Waals surface area (Å²) < 4.78 is 24.1. The molecular weight excluding hydrogens is 447 g/mol. The zero-order valence-electron chi connectivity index (χ0n) is 18.4. The first kappa shape index (κ1) is 21.5. The van der Waals surface area contributed by atoms with Crippen molar-refractivity contribution in [1.29, 1.82) is 0 Å². The van der Waals surface area contributed by atoms with Crippen LogP contribution in [0.5, 0.6) is 0 Å². The van der Waals surface area contributed by atoms with E-state index in [2.05, 4.69) is 10.1 Å². The summed E-state index contributed by atoms with van der Waals surface area (Å²) in [5.41, 5.74) is 1.65. The van der Waals surface area contributed by atoms with E-state index in [1.807, 2.05) is 18.1 Å². The Hall–Kier alpha value is -3.30. The van der Waals surface area contributed by atoms with Gasteiger partial charge in [0.2, 0.25) is 0 Å². The van der Waals surface area contributed by atoms with Crippen LogP contribution in [0.3, 0.4) is 0 Å². The highest BCUT2D eigenvalue weighted by Crippen LogP contribution is 2.33. The van der Waals surface area contributed by atoms with Crippen LogP contribution in [-0.2, 0) is 18.8 Å². The number of hydrogen-bond acceptors (Lipinski definition) is 6. The molecule has 1 atom stereocenters. The van der Waals surface area contributed by atoms with Crippen molar-refractivity contribution in [2.24, 2.45) is 14.1 Å². The van der Waals surface area contributed by atoms with E-state index in [1.165, 1.54) is 10.6 Å². The average Bonchev–Trinajstić information content (AvgIpc) is 3.24. The molecule has 1 aliphatic rings. The van der Waals surface area contributed by atoms with E-state index < -0.39 is 5.82 Å². The first-order valence-electron chi connectivity index (χ1n) is 10.5. The number of morpholine rings is 1. The first-order valence-corrected chi connectivity index (χ1v) is 10.9. The summed E-state index contributed by atoms with van der Waals surface area (Å²) in [7, 11) is 3.52. The Kier molecular flexibility index (Phi) is 5.38. The van der Waals surface area contributed by atoms with Crippen molar-refractivity contribution in [3.05, 3.63) is 69.2 Å². The molecule has 1 aromatic carbocycles. The predicted molar refractivity (Wildman–Crippen MR) is 124 cm³/mol. The second-order valence-electron chi connectivity index (χ2n) is 8.13. The van der Waals surface area contributed by atoms with E-state index >= 15 is 0 Å². The number of ether oxygens (including phenoxy) is 1. The van der Waals surface area contributed by atoms with Gasteiger partial charge in [0.15, 0.2) is 0 Å². The number of halogens is 2. The second kappa shape index (κ2) is 8.24. The van der Waals surface area contributed by atoms with Gasteiger partial charge in [0.1, 0.15) is 34.8 Å². The molecule has 33 heavy (non-hydrogen) atoms. The van der Waals surface area contributed by atoms with Gasteiger partial charge in [0.05, 0.1) is 18.2 Å². The number of aromatic nitrogens is 5. The van der Waals surface area contributed by atoms with Crippen molar-refractivity contribution >= 4 is 28.3 Å². The number of pyridine rings is 1. The van der Waals surface area contributed by atoms with Crippen molar-refractivity contribution in [1.82, 2.24) is 24.3 Å². The van der Waals surface area contributed by atoms with Crippen molar-refractivity contribution in [3.63, 3.8) is 0 Å². The molecule has 3 aromatic heterocycles. The van der Waals surface area contributed by atoms with Gasteiger partial charge in [-0.1, -0.05) is 11.6 Å². The Morgan fingerprint density at radius 1 is 1.21 bits per heavy atom. The van der Waals surface area contributed by atoms with E-state index in [4.69, 9.17) is 21.3 Å². The van der Waals surface area contributed by atoms with Gasteiger partial charge < -0.3 is 9.64 Å². The maximum absolute atomic E-state index is 14.9. The topological polar surface area (TPSA) is 78.1 Å². The summed E-state index contributed by atoms with van der Waals surface area (Å²) in [5, 5.41) is 4.89. The molecule has 4 aromatic rings. The Morgan fingerprint density at radius 3 is 2.76 bits per heavy atom. The molecule has 10 heteroatoms. The summed E-state index contributed by atoms with van der Waals surface area (Å²) in [6, 6.07) is 6.13. The van der Waals surface area contributed by atoms with Crippen LogP contribution in [0.1, 0.15) is 17.5 Å². The Labute approximate surface area is 194 Å². The van der Waals surface area contributed by atoms with E-state index in [0.717, 1.165) is 5.56 Å². The molecule has 1 fully saturated rings. The third-order valence-corrected chi connectivity index (χ3v) is 6.18. The molecule has 8 nitrogen and oxygen atoms in total. The van der Waals surface area contributed by atoms with Crippen molar-refractivity contribution in [2.75, 3.05) is 24.6 Å². The fourth-order valence-electron chi connectivity index (χ4n) is 4.06. The quantitative estimate of drug-likeness (QED) is 0.458. The van der Waals surface area contributed by atoms with Crippen LogP contribution in [0.2, 0.25) is 5.02 Å². The minimum atomic E-state index is -0.524. The molecule has 0 unspecified atom stereocenters. The molecule has 1 aliphatic heterocycles. The smallest absolute Gasteiger partial charge is 0.261 e. The number of aryl methyl sites for hydroxylation is 2. The molecule has 0 aliphatic carbocycles. The third kappa shape index (κ3) is 3.87.